The van der Waals surface area contributed by atoms with Gasteiger partial charge in [-0.2, -0.15) is 0 Å². The van der Waals surface area contributed by atoms with E-state index in [1.165, 1.54) is 6.07 Å². The summed E-state index contributed by atoms with van der Waals surface area (Å²) in [7, 11) is -3.84. The second-order valence-corrected chi connectivity index (χ2v) is 7.13. The van der Waals surface area contributed by atoms with Crippen LogP contribution in [0.5, 0.6) is 0 Å². The van der Waals surface area contributed by atoms with E-state index in [0.29, 0.717) is 30.5 Å². The lowest BCUT2D eigenvalue weighted by molar-refractivity contribution is 0.0394. The number of hydrogen-bond donors (Lipinski definition) is 1. The molecule has 0 amide bonds. The average Bonchev–Trinajstić information content (AvgIpc) is 2.55. The third-order valence-electron chi connectivity index (χ3n) is 3.68. The highest BCUT2D eigenvalue weighted by Crippen LogP contribution is 2.31. The first-order valence-corrected chi connectivity index (χ1v) is 8.98. The average molecular weight is 354 g/mol. The van der Waals surface area contributed by atoms with Crippen LogP contribution in [0.3, 0.4) is 0 Å². The molecule has 23 heavy (non-hydrogen) atoms. The van der Waals surface area contributed by atoms with Crippen LogP contribution in [0.4, 0.5) is 5.82 Å². The fourth-order valence-corrected chi connectivity index (χ4v) is 3.57. The Kier molecular flexibility index (Phi) is 4.54. The first-order valence-electron chi connectivity index (χ1n) is 7.05. The summed E-state index contributed by atoms with van der Waals surface area (Å²) in [5, 5.41) is 5.90. The van der Waals surface area contributed by atoms with Crippen LogP contribution >= 0.6 is 11.6 Å². The van der Waals surface area contributed by atoms with Gasteiger partial charge in [0.2, 0.25) is 10.0 Å². The number of sulfonamides is 1. The summed E-state index contributed by atoms with van der Waals surface area (Å²) in [6.07, 6.45) is 1.29. The fraction of sp³-hybridized carbons (Fsp3) is 0.267. The number of ether oxygens (including phenoxy) is 1. The zero-order valence-electron chi connectivity index (χ0n) is 12.2. The van der Waals surface area contributed by atoms with Crippen molar-refractivity contribution in [1.29, 1.82) is 0 Å². The van der Waals surface area contributed by atoms with E-state index >= 15 is 0 Å². The van der Waals surface area contributed by atoms with E-state index in [1.54, 1.807) is 18.3 Å². The molecule has 0 radical (unpaired) electrons. The topological polar surface area (TPSA) is 85.5 Å². The van der Waals surface area contributed by atoms with E-state index in [2.05, 4.69) is 4.98 Å². The molecular formula is C15H16ClN3O3S. The summed E-state index contributed by atoms with van der Waals surface area (Å²) in [5.41, 5.74) is 0.868. The van der Waals surface area contributed by atoms with E-state index < -0.39 is 10.0 Å². The third kappa shape index (κ3) is 3.48. The van der Waals surface area contributed by atoms with Gasteiger partial charge in [-0.1, -0.05) is 29.8 Å². The Labute approximate surface area is 139 Å². The smallest absolute Gasteiger partial charge is 0.241 e. The summed E-state index contributed by atoms with van der Waals surface area (Å²) in [6, 6.07) is 10.4. The molecule has 2 N–H and O–H groups in total. The molecule has 2 aromatic rings. The number of benzene rings is 1. The molecular weight excluding hydrogens is 338 g/mol. The number of aromatic nitrogens is 1. The maximum Gasteiger partial charge on any atom is 0.241 e. The highest BCUT2D eigenvalue weighted by atomic mass is 35.5. The first kappa shape index (κ1) is 16.2. The van der Waals surface area contributed by atoms with Crippen molar-refractivity contribution in [3.63, 3.8) is 0 Å². The minimum Gasteiger partial charge on any atom is -0.370 e. The van der Waals surface area contributed by atoms with Gasteiger partial charge in [0.25, 0.3) is 0 Å². The van der Waals surface area contributed by atoms with Crippen molar-refractivity contribution in [2.45, 2.75) is 11.0 Å². The lowest BCUT2D eigenvalue weighted by atomic mass is 10.1. The largest absolute Gasteiger partial charge is 0.370 e. The fourth-order valence-electron chi connectivity index (χ4n) is 2.61. The van der Waals surface area contributed by atoms with Gasteiger partial charge in [0, 0.05) is 29.9 Å². The number of halogens is 1. The van der Waals surface area contributed by atoms with E-state index in [0.717, 1.165) is 5.56 Å². The molecule has 0 bridgehead atoms. The number of morpholine rings is 1. The zero-order valence-corrected chi connectivity index (χ0v) is 13.8. The summed E-state index contributed by atoms with van der Waals surface area (Å²) in [5.74, 6) is 0.343. The third-order valence-corrected chi connectivity index (χ3v) is 4.95. The first-order chi connectivity index (χ1) is 11.0. The Hall–Kier alpha value is -1.67. The van der Waals surface area contributed by atoms with Crippen molar-refractivity contribution in [3.8, 4) is 0 Å². The summed E-state index contributed by atoms with van der Waals surface area (Å²) < 4.78 is 29.3. The summed E-state index contributed by atoms with van der Waals surface area (Å²) in [4.78, 5) is 6.07. The van der Waals surface area contributed by atoms with Gasteiger partial charge in [0.1, 0.15) is 16.8 Å². The Morgan fingerprint density at radius 1 is 1.26 bits per heavy atom. The van der Waals surface area contributed by atoms with Crippen molar-refractivity contribution in [2.75, 3.05) is 24.6 Å². The molecule has 1 saturated heterocycles. The molecule has 0 spiro atoms. The summed E-state index contributed by atoms with van der Waals surface area (Å²) in [6.45, 7) is 1.42. The lowest BCUT2D eigenvalue weighted by Crippen LogP contribution is -2.40. The van der Waals surface area contributed by atoms with Crippen LogP contribution in [0, 0.1) is 0 Å². The van der Waals surface area contributed by atoms with Crippen molar-refractivity contribution in [3.05, 3.63) is 53.2 Å². The molecule has 6 nitrogen and oxygen atoms in total. The molecule has 1 aromatic heterocycles. The lowest BCUT2D eigenvalue weighted by Gasteiger charge is -2.34. The standard InChI is InChI=1S/C15H16ClN3O3S/c16-12-5-2-1-4-11(12)13-10-19(8-9-22-13)15-14(23(17,20)21)6-3-7-18-15/h1-7,13H,8-10H2,(H2,17,20,21). The quantitative estimate of drug-likeness (QED) is 0.911. The molecule has 3 rings (SSSR count). The molecule has 2 heterocycles. The minimum atomic E-state index is -3.84. The van der Waals surface area contributed by atoms with Crippen molar-refractivity contribution in [1.82, 2.24) is 4.98 Å². The SMILES string of the molecule is NS(=O)(=O)c1cccnc1N1CCOC(c2ccccc2Cl)C1. The molecule has 122 valence electrons. The van der Waals surface area contributed by atoms with Gasteiger partial charge in [-0.25, -0.2) is 18.5 Å². The molecule has 8 heteroatoms. The van der Waals surface area contributed by atoms with Gasteiger partial charge < -0.3 is 9.64 Å². The number of anilines is 1. The molecule has 1 aromatic carbocycles. The van der Waals surface area contributed by atoms with Gasteiger partial charge in [-0.3, -0.25) is 0 Å². The van der Waals surface area contributed by atoms with Crippen LogP contribution in [0.2, 0.25) is 5.02 Å². The summed E-state index contributed by atoms with van der Waals surface area (Å²) >= 11 is 6.23. The molecule has 0 saturated carbocycles. The predicted octanol–water partition coefficient (Wildman–Crippen LogP) is 1.96. The molecule has 1 fully saturated rings. The minimum absolute atomic E-state index is 0.0137. The van der Waals surface area contributed by atoms with Gasteiger partial charge >= 0.3 is 0 Å². The molecule has 1 aliphatic heterocycles. The van der Waals surface area contributed by atoms with E-state index in [9.17, 15) is 8.42 Å². The number of primary sulfonamides is 1. The zero-order chi connectivity index (χ0) is 16.4. The number of hydrogen-bond acceptors (Lipinski definition) is 5. The van der Waals surface area contributed by atoms with Gasteiger partial charge in [-0.05, 0) is 18.2 Å². The highest BCUT2D eigenvalue weighted by Gasteiger charge is 2.27. The Morgan fingerprint density at radius 2 is 2.04 bits per heavy atom. The molecule has 1 aliphatic rings. The van der Waals surface area contributed by atoms with Crippen LogP contribution in [-0.2, 0) is 14.8 Å². The Morgan fingerprint density at radius 3 is 2.78 bits per heavy atom. The van der Waals surface area contributed by atoms with Crippen molar-refractivity contribution in [2.24, 2.45) is 5.14 Å². The van der Waals surface area contributed by atoms with Crippen molar-refractivity contribution < 1.29 is 13.2 Å². The van der Waals surface area contributed by atoms with Gasteiger partial charge in [-0.15, -0.1) is 0 Å². The maximum atomic E-state index is 11.8. The van der Waals surface area contributed by atoms with E-state index in [-0.39, 0.29) is 11.0 Å². The maximum absolute atomic E-state index is 11.8. The van der Waals surface area contributed by atoms with E-state index in [1.807, 2.05) is 23.1 Å². The monoisotopic (exact) mass is 353 g/mol. The van der Waals surface area contributed by atoms with Crippen LogP contribution in [0.15, 0.2) is 47.5 Å². The molecule has 1 atom stereocenters. The Bertz CT molecular complexity index is 813. The number of nitrogens with zero attached hydrogens (tertiary/aromatic N) is 2. The normalized spacial score (nSPS) is 18.9. The number of pyridine rings is 1. The second kappa shape index (κ2) is 6.45. The molecule has 0 aliphatic carbocycles. The predicted molar refractivity (Wildman–Crippen MR) is 88.0 cm³/mol. The van der Waals surface area contributed by atoms with Crippen LogP contribution < -0.4 is 10.0 Å². The number of rotatable bonds is 3. The Balaban J connectivity index is 1.93. The van der Waals surface area contributed by atoms with Crippen molar-refractivity contribution >= 4 is 27.4 Å². The van der Waals surface area contributed by atoms with Crippen LogP contribution in [-0.4, -0.2) is 33.1 Å². The van der Waals surface area contributed by atoms with E-state index in [4.69, 9.17) is 21.5 Å². The second-order valence-electron chi connectivity index (χ2n) is 5.20. The van der Waals surface area contributed by atoms with Crippen LogP contribution in [0.25, 0.3) is 0 Å². The number of nitrogens with two attached hydrogens (primary N) is 1. The molecule has 1 unspecified atom stereocenters. The van der Waals surface area contributed by atoms with Crippen LogP contribution in [0.1, 0.15) is 11.7 Å². The van der Waals surface area contributed by atoms with Gasteiger partial charge in [0.05, 0.1) is 6.61 Å². The highest BCUT2D eigenvalue weighted by molar-refractivity contribution is 7.89. The van der Waals surface area contributed by atoms with Gasteiger partial charge in [0.15, 0.2) is 0 Å².